The van der Waals surface area contributed by atoms with Crippen molar-refractivity contribution in [3.05, 3.63) is 47.4 Å². The number of benzene rings is 2. The molecule has 0 radical (unpaired) electrons. The summed E-state index contributed by atoms with van der Waals surface area (Å²) in [5.74, 6) is 0. The molecule has 0 bridgehead atoms. The maximum atomic E-state index is 8.66. The van der Waals surface area contributed by atoms with Gasteiger partial charge in [0.25, 0.3) is 0 Å². The van der Waals surface area contributed by atoms with Gasteiger partial charge in [-0.1, -0.05) is 18.2 Å². The molecule has 0 saturated heterocycles. The smallest absolute Gasteiger partial charge is 0.388 e. The molecule has 3 nitrogen and oxygen atoms in total. The summed E-state index contributed by atoms with van der Waals surface area (Å²) < 4.78 is 5.62. The molecular weight excluding hydrogens is 188 g/mol. The maximum absolute atomic E-state index is 8.66. The Hall–Kier alpha value is -2.34. The second-order valence-corrected chi connectivity index (χ2v) is 3.38. The van der Waals surface area contributed by atoms with Gasteiger partial charge in [0.05, 0.1) is 6.07 Å². The minimum absolute atomic E-state index is 0.501. The summed E-state index contributed by atoms with van der Waals surface area (Å²) in [5, 5.41) is 10.8. The monoisotopic (exact) mass is 195 g/mol. The average molecular weight is 195 g/mol. The molecule has 1 aromatic heterocycles. The van der Waals surface area contributed by atoms with Crippen molar-refractivity contribution in [2.75, 3.05) is 0 Å². The van der Waals surface area contributed by atoms with Gasteiger partial charge >= 0.3 is 5.69 Å². The Morgan fingerprint density at radius 2 is 1.73 bits per heavy atom. The maximum Gasteiger partial charge on any atom is 0.388 e. The van der Waals surface area contributed by atoms with Gasteiger partial charge in [0.15, 0.2) is 4.98 Å². The van der Waals surface area contributed by atoms with E-state index >= 15 is 0 Å². The molecule has 0 atom stereocenters. The topological polar surface area (TPSA) is 41.3 Å². The van der Waals surface area contributed by atoms with E-state index in [1.165, 1.54) is 0 Å². The lowest BCUT2D eigenvalue weighted by molar-refractivity contribution is 0.669. The first-order chi connectivity index (χ1) is 7.38. The lowest BCUT2D eigenvalue weighted by Gasteiger charge is -1.84. The van der Waals surface area contributed by atoms with Crippen LogP contribution in [0.5, 0.6) is 0 Å². The highest BCUT2D eigenvalue weighted by Gasteiger charge is 2.10. The fourth-order valence-electron chi connectivity index (χ4n) is 1.78. The molecule has 3 rings (SSSR count). The average Bonchev–Trinajstić information content (AvgIpc) is 2.66. The second kappa shape index (κ2) is 2.82. The number of hydrogen-bond donors (Lipinski definition) is 0. The van der Waals surface area contributed by atoms with Crippen molar-refractivity contribution >= 4 is 27.6 Å². The Labute approximate surface area is 85.5 Å². The number of para-hydroxylation sites is 1. The molecule has 0 spiro atoms. The SMILES string of the molecule is N#[N+]c1ccc2c(c1)oc1ccccc12. The first-order valence-corrected chi connectivity index (χ1v) is 4.65. The van der Waals surface area contributed by atoms with E-state index in [1.807, 2.05) is 30.3 Å². The van der Waals surface area contributed by atoms with Gasteiger partial charge in [-0.15, -0.1) is 0 Å². The number of fused-ring (bicyclic) bond motifs is 3. The van der Waals surface area contributed by atoms with Crippen LogP contribution in [0.25, 0.3) is 26.9 Å². The lowest BCUT2D eigenvalue weighted by Crippen LogP contribution is -1.64. The van der Waals surface area contributed by atoms with Gasteiger partial charge in [0.1, 0.15) is 11.2 Å². The summed E-state index contributed by atoms with van der Waals surface area (Å²) in [4.78, 5) is 3.13. The second-order valence-electron chi connectivity index (χ2n) is 3.38. The van der Waals surface area contributed by atoms with Crippen LogP contribution in [0, 0.1) is 5.39 Å². The third-order valence-electron chi connectivity index (χ3n) is 2.48. The van der Waals surface area contributed by atoms with Crippen molar-refractivity contribution in [1.82, 2.24) is 0 Å². The fourth-order valence-corrected chi connectivity index (χ4v) is 1.78. The number of diazo groups is 1. The molecule has 0 N–H and O–H groups in total. The van der Waals surface area contributed by atoms with Crippen LogP contribution in [0.2, 0.25) is 0 Å². The van der Waals surface area contributed by atoms with Crippen LogP contribution < -0.4 is 0 Å². The highest BCUT2D eigenvalue weighted by Crippen LogP contribution is 2.30. The van der Waals surface area contributed by atoms with Gasteiger partial charge in [-0.05, 0) is 12.1 Å². The van der Waals surface area contributed by atoms with E-state index in [-0.39, 0.29) is 0 Å². The van der Waals surface area contributed by atoms with E-state index in [0.29, 0.717) is 5.69 Å². The predicted molar refractivity (Wildman–Crippen MR) is 58.5 cm³/mol. The number of furan rings is 1. The fraction of sp³-hybridized carbons (Fsp3) is 0. The van der Waals surface area contributed by atoms with Gasteiger partial charge in [-0.25, -0.2) is 0 Å². The van der Waals surface area contributed by atoms with Crippen LogP contribution in [0.1, 0.15) is 0 Å². The third kappa shape index (κ3) is 1.09. The van der Waals surface area contributed by atoms with Crippen molar-refractivity contribution in [2.45, 2.75) is 0 Å². The number of rotatable bonds is 0. The summed E-state index contributed by atoms with van der Waals surface area (Å²) in [5.41, 5.74) is 2.09. The van der Waals surface area contributed by atoms with Crippen LogP contribution in [0.3, 0.4) is 0 Å². The first-order valence-electron chi connectivity index (χ1n) is 4.65. The summed E-state index contributed by atoms with van der Waals surface area (Å²) in [6, 6.07) is 13.2. The van der Waals surface area contributed by atoms with E-state index in [4.69, 9.17) is 9.81 Å². The Bertz CT molecular complexity index is 691. The quantitative estimate of drug-likeness (QED) is 0.507. The molecule has 0 unspecified atom stereocenters. The van der Waals surface area contributed by atoms with Gasteiger partial charge in [0, 0.05) is 16.8 Å². The zero-order valence-corrected chi connectivity index (χ0v) is 7.84. The normalized spacial score (nSPS) is 10.6. The zero-order chi connectivity index (χ0) is 10.3. The molecule has 2 aromatic carbocycles. The summed E-state index contributed by atoms with van der Waals surface area (Å²) in [7, 11) is 0. The van der Waals surface area contributed by atoms with Crippen molar-refractivity contribution in [2.24, 2.45) is 0 Å². The zero-order valence-electron chi connectivity index (χ0n) is 7.84. The van der Waals surface area contributed by atoms with Crippen molar-refractivity contribution in [1.29, 1.82) is 5.39 Å². The van der Waals surface area contributed by atoms with Crippen molar-refractivity contribution in [3.8, 4) is 0 Å². The molecule has 0 aliphatic rings. The Morgan fingerprint density at radius 1 is 0.933 bits per heavy atom. The molecule has 70 valence electrons. The Kier molecular flexibility index (Phi) is 1.51. The van der Waals surface area contributed by atoms with E-state index in [9.17, 15) is 0 Å². The van der Waals surface area contributed by atoms with Crippen molar-refractivity contribution in [3.63, 3.8) is 0 Å². The largest absolute Gasteiger partial charge is 0.456 e. The van der Waals surface area contributed by atoms with Gasteiger partial charge in [-0.2, -0.15) is 0 Å². The highest BCUT2D eigenvalue weighted by molar-refractivity contribution is 6.05. The van der Waals surface area contributed by atoms with E-state index in [1.54, 1.807) is 12.1 Å². The lowest BCUT2D eigenvalue weighted by atomic mass is 10.1. The highest BCUT2D eigenvalue weighted by atomic mass is 16.3. The van der Waals surface area contributed by atoms with Crippen LogP contribution in [0.4, 0.5) is 5.69 Å². The summed E-state index contributed by atoms with van der Waals surface area (Å²) in [6.07, 6.45) is 0. The molecule has 1 heterocycles. The molecule has 3 heteroatoms. The summed E-state index contributed by atoms with van der Waals surface area (Å²) >= 11 is 0. The van der Waals surface area contributed by atoms with Gasteiger partial charge < -0.3 is 4.42 Å². The molecule has 0 aliphatic carbocycles. The van der Waals surface area contributed by atoms with E-state index in [0.717, 1.165) is 21.9 Å². The molecule has 0 fully saturated rings. The first kappa shape index (κ1) is 8.01. The van der Waals surface area contributed by atoms with Crippen LogP contribution in [-0.2, 0) is 0 Å². The number of hydrogen-bond acceptors (Lipinski definition) is 2. The standard InChI is InChI=1S/C12H7N2O/c13-14-8-5-6-10-9-3-1-2-4-11(9)15-12(10)7-8/h1-7H/q+1. The predicted octanol–water partition coefficient (Wildman–Crippen LogP) is 4.07. The Balaban J connectivity index is 2.50. The molecule has 15 heavy (non-hydrogen) atoms. The molecule has 0 amide bonds. The minimum atomic E-state index is 0.501. The molecule has 3 aromatic rings. The Morgan fingerprint density at radius 3 is 2.60 bits per heavy atom. The molecular formula is C12H7N2O+. The van der Waals surface area contributed by atoms with Gasteiger partial charge in [0.2, 0.25) is 5.39 Å². The van der Waals surface area contributed by atoms with E-state index in [2.05, 4.69) is 4.98 Å². The van der Waals surface area contributed by atoms with Crippen LogP contribution >= 0.6 is 0 Å². The number of nitrogens with zero attached hydrogens (tertiary/aromatic N) is 2. The van der Waals surface area contributed by atoms with Crippen LogP contribution in [-0.4, -0.2) is 0 Å². The molecule has 0 aliphatic heterocycles. The van der Waals surface area contributed by atoms with Crippen LogP contribution in [0.15, 0.2) is 46.9 Å². The summed E-state index contributed by atoms with van der Waals surface area (Å²) in [6.45, 7) is 0. The molecule has 0 saturated carbocycles. The van der Waals surface area contributed by atoms with E-state index < -0.39 is 0 Å². The van der Waals surface area contributed by atoms with Crippen molar-refractivity contribution < 1.29 is 4.42 Å². The minimum Gasteiger partial charge on any atom is -0.456 e. The third-order valence-corrected chi connectivity index (χ3v) is 2.48. The van der Waals surface area contributed by atoms with Gasteiger partial charge in [-0.3, -0.25) is 0 Å².